The Morgan fingerprint density at radius 2 is 1.72 bits per heavy atom. The van der Waals surface area contributed by atoms with Gasteiger partial charge < -0.3 is 20.3 Å². The molecule has 0 aromatic heterocycles. The Kier molecular flexibility index (Phi) is 5.69. The van der Waals surface area contributed by atoms with Gasteiger partial charge in [0, 0.05) is 29.4 Å². The first-order valence-electron chi connectivity index (χ1n) is 10.2. The second-order valence-electron chi connectivity index (χ2n) is 7.82. The van der Waals surface area contributed by atoms with Gasteiger partial charge in [-0.2, -0.15) is 0 Å². The summed E-state index contributed by atoms with van der Waals surface area (Å²) in [5.74, 6) is 0.580. The van der Waals surface area contributed by atoms with Crippen molar-refractivity contribution in [1.82, 2.24) is 10.2 Å². The highest BCUT2D eigenvalue weighted by Crippen LogP contribution is 2.34. The number of anilines is 1. The number of carbonyl (C=O) groups excluding carboxylic acids is 2. The number of ether oxygens (including phenoxy) is 1. The number of nitrogens with zero attached hydrogens (tertiary/aromatic N) is 1. The standard InChI is InChI=1S/C23H27N3O3/c1-29-21-12-5-7-16(13-21)22(27)24-18-14-19-10-6-11-20(15-18)26(19)23(28)25-17-8-3-2-4-9-17/h2-5,7-9,12-13,18-20H,6,10-11,14-15H2,1H3,(H,24,27)(H,25,28)/t18?,19-,20+. The van der Waals surface area contributed by atoms with Crippen LogP contribution in [-0.2, 0) is 0 Å². The van der Waals surface area contributed by atoms with Gasteiger partial charge in [0.2, 0.25) is 0 Å². The molecule has 1 unspecified atom stereocenters. The molecule has 3 atom stereocenters. The van der Waals surface area contributed by atoms with Gasteiger partial charge in [0.05, 0.1) is 7.11 Å². The van der Waals surface area contributed by atoms with Crippen molar-refractivity contribution in [1.29, 1.82) is 0 Å². The first-order valence-corrected chi connectivity index (χ1v) is 10.2. The summed E-state index contributed by atoms with van der Waals surface area (Å²) in [7, 11) is 1.59. The van der Waals surface area contributed by atoms with Gasteiger partial charge in [-0.25, -0.2) is 4.79 Å². The number of piperidine rings is 2. The van der Waals surface area contributed by atoms with Gasteiger partial charge in [0.25, 0.3) is 5.91 Å². The van der Waals surface area contributed by atoms with Crippen LogP contribution in [0.5, 0.6) is 5.75 Å². The fourth-order valence-electron chi connectivity index (χ4n) is 4.57. The molecule has 4 rings (SSSR count). The third-order valence-corrected chi connectivity index (χ3v) is 5.90. The fourth-order valence-corrected chi connectivity index (χ4v) is 4.57. The molecule has 2 aromatic carbocycles. The minimum atomic E-state index is -0.0887. The lowest BCUT2D eigenvalue weighted by atomic mass is 9.82. The summed E-state index contributed by atoms with van der Waals surface area (Å²) >= 11 is 0. The van der Waals surface area contributed by atoms with Crippen LogP contribution >= 0.6 is 0 Å². The normalized spacial score (nSPS) is 23.2. The zero-order valence-corrected chi connectivity index (χ0v) is 16.6. The highest BCUT2D eigenvalue weighted by atomic mass is 16.5. The predicted octanol–water partition coefficient (Wildman–Crippen LogP) is 4.04. The number of nitrogens with one attached hydrogen (secondary N) is 2. The zero-order chi connectivity index (χ0) is 20.2. The summed E-state index contributed by atoms with van der Waals surface area (Å²) in [6.45, 7) is 0. The number of fused-ring (bicyclic) bond motifs is 2. The van der Waals surface area contributed by atoms with E-state index in [9.17, 15) is 9.59 Å². The second-order valence-corrected chi connectivity index (χ2v) is 7.82. The first-order chi connectivity index (χ1) is 14.1. The smallest absolute Gasteiger partial charge is 0.322 e. The Balaban J connectivity index is 1.41. The van der Waals surface area contributed by atoms with Crippen molar-refractivity contribution in [2.75, 3.05) is 12.4 Å². The monoisotopic (exact) mass is 393 g/mol. The van der Waals surface area contributed by atoms with E-state index in [-0.39, 0.29) is 30.1 Å². The van der Waals surface area contributed by atoms with E-state index in [1.165, 1.54) is 0 Å². The van der Waals surface area contributed by atoms with E-state index in [1.807, 2.05) is 47.4 Å². The maximum Gasteiger partial charge on any atom is 0.322 e. The number of urea groups is 1. The topological polar surface area (TPSA) is 70.7 Å². The summed E-state index contributed by atoms with van der Waals surface area (Å²) in [4.78, 5) is 27.6. The van der Waals surface area contributed by atoms with Crippen LogP contribution in [0.15, 0.2) is 54.6 Å². The van der Waals surface area contributed by atoms with Crippen molar-refractivity contribution in [3.63, 3.8) is 0 Å². The predicted molar refractivity (Wildman–Crippen MR) is 112 cm³/mol. The van der Waals surface area contributed by atoms with E-state index < -0.39 is 0 Å². The second kappa shape index (κ2) is 8.55. The molecular weight excluding hydrogens is 366 g/mol. The van der Waals surface area contributed by atoms with E-state index in [0.717, 1.165) is 37.8 Å². The van der Waals surface area contributed by atoms with E-state index in [1.54, 1.807) is 19.2 Å². The fraction of sp³-hybridized carbons (Fsp3) is 0.391. The highest BCUT2D eigenvalue weighted by Gasteiger charge is 2.41. The molecule has 2 N–H and O–H groups in total. The molecule has 152 valence electrons. The number of hydrogen-bond acceptors (Lipinski definition) is 3. The van der Waals surface area contributed by atoms with Crippen LogP contribution < -0.4 is 15.4 Å². The summed E-state index contributed by atoms with van der Waals surface area (Å²) in [6, 6.07) is 17.1. The lowest BCUT2D eigenvalue weighted by Crippen LogP contribution is -2.59. The van der Waals surface area contributed by atoms with E-state index >= 15 is 0 Å². The minimum absolute atomic E-state index is 0.0385. The Morgan fingerprint density at radius 1 is 1.00 bits per heavy atom. The minimum Gasteiger partial charge on any atom is -0.497 e. The van der Waals surface area contributed by atoms with Gasteiger partial charge in [-0.15, -0.1) is 0 Å². The number of carbonyl (C=O) groups is 2. The summed E-state index contributed by atoms with van der Waals surface area (Å²) < 4.78 is 5.21. The van der Waals surface area contributed by atoms with Gasteiger partial charge in [-0.1, -0.05) is 24.3 Å². The van der Waals surface area contributed by atoms with Crippen molar-refractivity contribution >= 4 is 17.6 Å². The molecule has 0 radical (unpaired) electrons. The SMILES string of the molecule is COc1cccc(C(=O)NC2C[C@H]3CCC[C@@H](C2)N3C(=O)Nc2ccccc2)c1. The molecule has 0 saturated carbocycles. The molecule has 0 aliphatic carbocycles. The van der Waals surface area contributed by atoms with Gasteiger partial charge in [-0.05, 0) is 62.4 Å². The Morgan fingerprint density at radius 3 is 2.41 bits per heavy atom. The molecule has 6 heteroatoms. The van der Waals surface area contributed by atoms with Crippen LogP contribution in [0.25, 0.3) is 0 Å². The van der Waals surface area contributed by atoms with E-state index in [2.05, 4.69) is 10.6 Å². The number of benzene rings is 2. The molecule has 2 aliphatic heterocycles. The maximum absolute atomic E-state index is 12.9. The lowest BCUT2D eigenvalue weighted by Gasteiger charge is -2.48. The van der Waals surface area contributed by atoms with Crippen LogP contribution in [0.4, 0.5) is 10.5 Å². The number of amides is 3. The molecule has 2 fully saturated rings. The van der Waals surface area contributed by atoms with Crippen LogP contribution in [0.2, 0.25) is 0 Å². The third-order valence-electron chi connectivity index (χ3n) is 5.90. The molecule has 29 heavy (non-hydrogen) atoms. The average Bonchev–Trinajstić information content (AvgIpc) is 2.73. The summed E-state index contributed by atoms with van der Waals surface area (Å²) in [6.07, 6.45) is 4.65. The molecule has 6 nitrogen and oxygen atoms in total. The molecule has 2 saturated heterocycles. The zero-order valence-electron chi connectivity index (χ0n) is 16.6. The lowest BCUT2D eigenvalue weighted by molar-refractivity contribution is 0.0577. The largest absolute Gasteiger partial charge is 0.497 e. The molecule has 3 amide bonds. The molecular formula is C23H27N3O3. The maximum atomic E-state index is 12.9. The summed E-state index contributed by atoms with van der Waals surface area (Å²) in [5, 5.41) is 6.19. The van der Waals surface area contributed by atoms with Gasteiger partial charge in [0.1, 0.15) is 5.75 Å². The van der Waals surface area contributed by atoms with Gasteiger partial charge in [-0.3, -0.25) is 4.79 Å². The Bertz CT molecular complexity index is 857. The first kappa shape index (κ1) is 19.3. The van der Waals surface area contributed by atoms with E-state index in [4.69, 9.17) is 4.74 Å². The molecule has 2 aliphatic rings. The molecule has 2 heterocycles. The van der Waals surface area contributed by atoms with Gasteiger partial charge >= 0.3 is 6.03 Å². The molecule has 0 spiro atoms. The van der Waals surface area contributed by atoms with E-state index in [0.29, 0.717) is 11.3 Å². The Hall–Kier alpha value is -3.02. The molecule has 2 bridgehead atoms. The third kappa shape index (κ3) is 4.36. The quantitative estimate of drug-likeness (QED) is 0.823. The average molecular weight is 393 g/mol. The van der Waals surface area contributed by atoms with Crippen molar-refractivity contribution in [2.24, 2.45) is 0 Å². The van der Waals surface area contributed by atoms with Crippen molar-refractivity contribution in [3.05, 3.63) is 60.2 Å². The highest BCUT2D eigenvalue weighted by molar-refractivity contribution is 5.95. The Labute approximate surface area is 171 Å². The molecule has 2 aromatic rings. The van der Waals surface area contributed by atoms with Crippen molar-refractivity contribution in [3.8, 4) is 5.75 Å². The van der Waals surface area contributed by atoms with Crippen molar-refractivity contribution in [2.45, 2.75) is 50.2 Å². The number of hydrogen-bond donors (Lipinski definition) is 2. The van der Waals surface area contributed by atoms with Gasteiger partial charge in [0.15, 0.2) is 0 Å². The number of para-hydroxylation sites is 1. The van der Waals surface area contributed by atoms with Crippen LogP contribution in [0.1, 0.15) is 42.5 Å². The van der Waals surface area contributed by atoms with Crippen LogP contribution in [-0.4, -0.2) is 42.1 Å². The summed E-state index contributed by atoms with van der Waals surface area (Å²) in [5.41, 5.74) is 1.41. The number of methoxy groups -OCH3 is 1. The number of rotatable bonds is 4. The van der Waals surface area contributed by atoms with Crippen LogP contribution in [0, 0.1) is 0 Å². The van der Waals surface area contributed by atoms with Crippen LogP contribution in [0.3, 0.4) is 0 Å². The van der Waals surface area contributed by atoms with Crippen molar-refractivity contribution < 1.29 is 14.3 Å².